The van der Waals surface area contributed by atoms with Gasteiger partial charge < -0.3 is 10.0 Å². The molecule has 0 spiro atoms. The van der Waals surface area contributed by atoms with Crippen molar-refractivity contribution < 1.29 is 14.7 Å². The first-order valence-electron chi connectivity index (χ1n) is 7.95. The van der Waals surface area contributed by atoms with E-state index in [4.69, 9.17) is 0 Å². The second-order valence-electron chi connectivity index (χ2n) is 6.82. The van der Waals surface area contributed by atoms with Crippen molar-refractivity contribution in [2.75, 3.05) is 13.1 Å². The van der Waals surface area contributed by atoms with E-state index in [0.717, 1.165) is 32.4 Å². The number of carbonyl (C=O) groups is 2. The molecule has 1 heterocycles. The number of piperidine rings is 1. The fraction of sp³-hybridized carbons (Fsp3) is 0.875. The summed E-state index contributed by atoms with van der Waals surface area (Å²) in [6.07, 6.45) is 3.43. The van der Waals surface area contributed by atoms with E-state index in [9.17, 15) is 14.7 Å². The molecule has 5 atom stereocenters. The van der Waals surface area contributed by atoms with E-state index in [-0.39, 0.29) is 11.8 Å². The Kier molecular flexibility index (Phi) is 4.71. The van der Waals surface area contributed by atoms with Crippen molar-refractivity contribution in [2.45, 2.75) is 46.5 Å². The highest BCUT2D eigenvalue weighted by molar-refractivity contribution is 5.85. The second kappa shape index (κ2) is 6.15. The second-order valence-corrected chi connectivity index (χ2v) is 6.82. The topological polar surface area (TPSA) is 57.6 Å². The average Bonchev–Trinajstić information content (AvgIpc) is 2.85. The highest BCUT2D eigenvalue weighted by atomic mass is 16.4. The number of carbonyl (C=O) groups excluding carboxylic acids is 1. The van der Waals surface area contributed by atoms with Crippen LogP contribution in [0.5, 0.6) is 0 Å². The Morgan fingerprint density at radius 3 is 2.35 bits per heavy atom. The number of hydrogen-bond donors (Lipinski definition) is 1. The normalized spacial score (nSPS) is 38.0. The molecule has 2 rings (SSSR count). The van der Waals surface area contributed by atoms with Crippen molar-refractivity contribution in [3.63, 3.8) is 0 Å². The molecule has 1 N–H and O–H groups in total. The zero-order chi connectivity index (χ0) is 14.9. The molecular weight excluding hydrogens is 254 g/mol. The standard InChI is InChI=1S/C16H27NO3/c1-4-12-7-13(14(8-12)16(19)20)15(18)17-6-5-10(2)11(3)9-17/h10-14H,4-9H2,1-3H3,(H,19,20). The van der Waals surface area contributed by atoms with Crippen molar-refractivity contribution >= 4 is 11.9 Å². The van der Waals surface area contributed by atoms with Crippen molar-refractivity contribution in [3.8, 4) is 0 Å². The molecule has 5 unspecified atom stereocenters. The Morgan fingerprint density at radius 2 is 1.80 bits per heavy atom. The zero-order valence-electron chi connectivity index (χ0n) is 12.8. The number of aliphatic carboxylic acids is 1. The lowest BCUT2D eigenvalue weighted by molar-refractivity contribution is -0.150. The maximum Gasteiger partial charge on any atom is 0.307 e. The molecule has 114 valence electrons. The number of hydrogen-bond acceptors (Lipinski definition) is 2. The molecule has 1 aliphatic carbocycles. The molecule has 0 aromatic heterocycles. The number of rotatable bonds is 3. The van der Waals surface area contributed by atoms with Gasteiger partial charge in [0.25, 0.3) is 0 Å². The van der Waals surface area contributed by atoms with Crippen LogP contribution < -0.4 is 0 Å². The molecule has 0 aromatic rings. The summed E-state index contributed by atoms with van der Waals surface area (Å²) in [6.45, 7) is 8.09. The molecule has 1 saturated carbocycles. The first kappa shape index (κ1) is 15.3. The molecule has 1 amide bonds. The molecule has 0 aromatic carbocycles. The van der Waals surface area contributed by atoms with E-state index in [1.54, 1.807) is 0 Å². The maximum absolute atomic E-state index is 12.7. The molecule has 20 heavy (non-hydrogen) atoms. The Hall–Kier alpha value is -1.06. The first-order chi connectivity index (χ1) is 9.43. The molecule has 2 aliphatic rings. The van der Waals surface area contributed by atoms with Crippen molar-refractivity contribution in [1.82, 2.24) is 4.90 Å². The average molecular weight is 281 g/mol. The lowest BCUT2D eigenvalue weighted by Gasteiger charge is -2.37. The van der Waals surface area contributed by atoms with Crippen molar-refractivity contribution in [2.24, 2.45) is 29.6 Å². The van der Waals surface area contributed by atoms with E-state index >= 15 is 0 Å². The summed E-state index contributed by atoms with van der Waals surface area (Å²) in [5, 5.41) is 9.37. The summed E-state index contributed by atoms with van der Waals surface area (Å²) in [5.74, 6) is 0.0943. The largest absolute Gasteiger partial charge is 0.481 e. The van der Waals surface area contributed by atoms with Gasteiger partial charge in [0, 0.05) is 13.1 Å². The first-order valence-corrected chi connectivity index (χ1v) is 7.95. The van der Waals surface area contributed by atoms with Gasteiger partial charge in [-0.15, -0.1) is 0 Å². The third-order valence-electron chi connectivity index (χ3n) is 5.52. The Labute approximate surface area is 121 Å². The SMILES string of the molecule is CCC1CC(C(=O)O)C(C(=O)N2CCC(C)C(C)C2)C1. The molecule has 4 heteroatoms. The Balaban J connectivity index is 2.05. The van der Waals surface area contributed by atoms with Crippen LogP contribution in [0.3, 0.4) is 0 Å². The molecular formula is C16H27NO3. The smallest absolute Gasteiger partial charge is 0.307 e. The van der Waals surface area contributed by atoms with E-state index < -0.39 is 11.9 Å². The fourth-order valence-corrected chi connectivity index (χ4v) is 3.72. The van der Waals surface area contributed by atoms with Gasteiger partial charge in [-0.05, 0) is 37.0 Å². The van der Waals surface area contributed by atoms with E-state index in [1.807, 2.05) is 4.90 Å². The Bertz CT molecular complexity index is 382. The van der Waals surface area contributed by atoms with Crippen LogP contribution in [0.15, 0.2) is 0 Å². The van der Waals surface area contributed by atoms with E-state index in [2.05, 4.69) is 20.8 Å². The van der Waals surface area contributed by atoms with Gasteiger partial charge in [-0.2, -0.15) is 0 Å². The van der Waals surface area contributed by atoms with Gasteiger partial charge >= 0.3 is 5.97 Å². The van der Waals surface area contributed by atoms with E-state index in [0.29, 0.717) is 24.2 Å². The number of carboxylic acids is 1. The lowest BCUT2D eigenvalue weighted by atomic mass is 9.87. The van der Waals surface area contributed by atoms with Crippen LogP contribution in [0, 0.1) is 29.6 Å². The summed E-state index contributed by atoms with van der Waals surface area (Å²) < 4.78 is 0. The zero-order valence-corrected chi connectivity index (χ0v) is 12.8. The van der Waals surface area contributed by atoms with Gasteiger partial charge in [0.1, 0.15) is 0 Å². The maximum atomic E-state index is 12.7. The van der Waals surface area contributed by atoms with Crippen LogP contribution in [0.4, 0.5) is 0 Å². The van der Waals surface area contributed by atoms with Gasteiger partial charge in [0.15, 0.2) is 0 Å². The van der Waals surface area contributed by atoms with Gasteiger partial charge in [0.2, 0.25) is 5.91 Å². The predicted molar refractivity (Wildman–Crippen MR) is 77.2 cm³/mol. The highest BCUT2D eigenvalue weighted by Crippen LogP contribution is 2.40. The Morgan fingerprint density at radius 1 is 1.15 bits per heavy atom. The predicted octanol–water partition coefficient (Wildman–Crippen LogP) is 2.63. The summed E-state index contributed by atoms with van der Waals surface area (Å²) in [5.41, 5.74) is 0. The summed E-state index contributed by atoms with van der Waals surface area (Å²) in [4.78, 5) is 26.0. The number of nitrogens with zero attached hydrogens (tertiary/aromatic N) is 1. The van der Waals surface area contributed by atoms with Crippen molar-refractivity contribution in [1.29, 1.82) is 0 Å². The number of amides is 1. The highest BCUT2D eigenvalue weighted by Gasteiger charge is 2.44. The monoisotopic (exact) mass is 281 g/mol. The van der Waals surface area contributed by atoms with Crippen LogP contribution in [-0.2, 0) is 9.59 Å². The van der Waals surface area contributed by atoms with Crippen molar-refractivity contribution in [3.05, 3.63) is 0 Å². The molecule has 4 nitrogen and oxygen atoms in total. The van der Waals surface area contributed by atoms with E-state index in [1.165, 1.54) is 0 Å². The summed E-state index contributed by atoms with van der Waals surface area (Å²) >= 11 is 0. The molecule has 0 radical (unpaired) electrons. The van der Waals surface area contributed by atoms with Crippen LogP contribution in [0.1, 0.15) is 46.5 Å². The molecule has 2 fully saturated rings. The van der Waals surface area contributed by atoms with Crippen LogP contribution >= 0.6 is 0 Å². The van der Waals surface area contributed by atoms with Crippen LogP contribution in [0.25, 0.3) is 0 Å². The third kappa shape index (κ3) is 2.99. The molecule has 1 aliphatic heterocycles. The fourth-order valence-electron chi connectivity index (χ4n) is 3.72. The quantitative estimate of drug-likeness (QED) is 0.865. The number of carboxylic acid groups (broad SMARTS) is 1. The summed E-state index contributed by atoms with van der Waals surface area (Å²) in [6, 6.07) is 0. The minimum atomic E-state index is -0.794. The minimum absolute atomic E-state index is 0.0899. The molecule has 1 saturated heterocycles. The van der Waals surface area contributed by atoms with Gasteiger partial charge in [0.05, 0.1) is 11.8 Å². The van der Waals surface area contributed by atoms with Gasteiger partial charge in [-0.1, -0.05) is 27.2 Å². The number of likely N-dealkylation sites (tertiary alicyclic amines) is 1. The molecule has 0 bridgehead atoms. The van der Waals surface area contributed by atoms with Gasteiger partial charge in [-0.25, -0.2) is 0 Å². The minimum Gasteiger partial charge on any atom is -0.481 e. The van der Waals surface area contributed by atoms with Gasteiger partial charge in [-0.3, -0.25) is 9.59 Å². The third-order valence-corrected chi connectivity index (χ3v) is 5.52. The van der Waals surface area contributed by atoms with Crippen LogP contribution in [0.2, 0.25) is 0 Å². The lowest BCUT2D eigenvalue weighted by Crippen LogP contribution is -2.46. The summed E-state index contributed by atoms with van der Waals surface area (Å²) in [7, 11) is 0. The van der Waals surface area contributed by atoms with Crippen LogP contribution in [-0.4, -0.2) is 35.0 Å².